The number of H-pyrrole nitrogens is 1. The summed E-state index contributed by atoms with van der Waals surface area (Å²) in [5.41, 5.74) is 1.96. The molecule has 2 heterocycles. The number of benzene rings is 2. The zero-order chi connectivity index (χ0) is 21.3. The number of likely N-dealkylation sites (tertiary alicyclic amines) is 1. The Balaban J connectivity index is 1.30. The van der Waals surface area contributed by atoms with Crippen LogP contribution in [0.3, 0.4) is 0 Å². The van der Waals surface area contributed by atoms with E-state index in [0.29, 0.717) is 19.0 Å². The summed E-state index contributed by atoms with van der Waals surface area (Å²) in [4.78, 5) is 5.02. The van der Waals surface area contributed by atoms with Crippen LogP contribution in [-0.4, -0.2) is 44.0 Å². The van der Waals surface area contributed by atoms with Crippen LogP contribution in [0.4, 0.5) is 13.2 Å². The Kier molecular flexibility index (Phi) is 5.86. The number of aromatic amines is 1. The number of halogens is 3. The maximum Gasteiger partial charge on any atom is 0.240 e. The first kappa shape index (κ1) is 20.9. The maximum absolute atomic E-state index is 13.5. The van der Waals surface area contributed by atoms with Crippen molar-refractivity contribution in [3.63, 3.8) is 0 Å². The summed E-state index contributed by atoms with van der Waals surface area (Å²) >= 11 is 0. The van der Waals surface area contributed by atoms with E-state index in [1.807, 2.05) is 6.20 Å². The van der Waals surface area contributed by atoms with Crippen LogP contribution in [0.25, 0.3) is 10.9 Å². The average molecular weight is 437 g/mol. The van der Waals surface area contributed by atoms with Gasteiger partial charge in [-0.2, -0.15) is 0 Å². The van der Waals surface area contributed by atoms with Gasteiger partial charge in [-0.25, -0.2) is 26.3 Å². The van der Waals surface area contributed by atoms with Gasteiger partial charge in [-0.05, 0) is 74.3 Å². The van der Waals surface area contributed by atoms with E-state index >= 15 is 0 Å². The normalized spacial score (nSPS) is 17.8. The van der Waals surface area contributed by atoms with Gasteiger partial charge in [-0.1, -0.05) is 0 Å². The van der Waals surface area contributed by atoms with E-state index in [2.05, 4.69) is 14.6 Å². The molecule has 3 aromatic rings. The summed E-state index contributed by atoms with van der Waals surface area (Å²) in [5, 5.41) is 0.883. The minimum Gasteiger partial charge on any atom is -0.361 e. The summed E-state index contributed by atoms with van der Waals surface area (Å²) < 4.78 is 67.3. The van der Waals surface area contributed by atoms with Crippen molar-refractivity contribution >= 4 is 20.9 Å². The van der Waals surface area contributed by atoms with Gasteiger partial charge in [0.05, 0.1) is 4.90 Å². The van der Waals surface area contributed by atoms with Gasteiger partial charge in [-0.3, -0.25) is 0 Å². The highest BCUT2D eigenvalue weighted by Gasteiger charge is 2.27. The second-order valence-corrected chi connectivity index (χ2v) is 9.30. The Bertz CT molecular complexity index is 1160. The highest BCUT2D eigenvalue weighted by atomic mass is 32.2. The van der Waals surface area contributed by atoms with Gasteiger partial charge in [0.2, 0.25) is 10.0 Å². The van der Waals surface area contributed by atoms with E-state index in [-0.39, 0.29) is 16.8 Å². The van der Waals surface area contributed by atoms with Crippen molar-refractivity contribution in [3.05, 3.63) is 65.6 Å². The molecule has 1 aliphatic rings. The lowest BCUT2D eigenvalue weighted by atomic mass is 10.1. The van der Waals surface area contributed by atoms with Gasteiger partial charge in [0.15, 0.2) is 11.6 Å². The van der Waals surface area contributed by atoms with Crippen molar-refractivity contribution in [1.29, 1.82) is 0 Å². The predicted octanol–water partition coefficient (Wildman–Crippen LogP) is 3.57. The summed E-state index contributed by atoms with van der Waals surface area (Å²) in [6, 6.07) is 6.94. The number of aromatic nitrogens is 1. The number of nitrogens with zero attached hydrogens (tertiary/aromatic N) is 1. The van der Waals surface area contributed by atoms with Crippen molar-refractivity contribution in [1.82, 2.24) is 14.6 Å². The van der Waals surface area contributed by atoms with Gasteiger partial charge in [0, 0.05) is 29.7 Å². The molecule has 0 saturated carbocycles. The van der Waals surface area contributed by atoms with Gasteiger partial charge < -0.3 is 9.88 Å². The molecule has 1 fully saturated rings. The molecule has 0 spiro atoms. The molecular formula is C21H22F3N3O2S. The molecule has 30 heavy (non-hydrogen) atoms. The van der Waals surface area contributed by atoms with Crippen LogP contribution in [0, 0.1) is 17.5 Å². The quantitative estimate of drug-likeness (QED) is 0.594. The molecule has 0 amide bonds. The third-order valence-electron chi connectivity index (χ3n) is 5.45. The molecule has 2 N–H and O–H groups in total. The number of sulfonamides is 1. The second kappa shape index (κ2) is 8.41. The summed E-state index contributed by atoms with van der Waals surface area (Å²) in [7, 11) is -3.91. The molecule has 1 unspecified atom stereocenters. The van der Waals surface area contributed by atoms with Gasteiger partial charge in [0.1, 0.15) is 5.82 Å². The highest BCUT2D eigenvalue weighted by Crippen LogP contribution is 2.21. The SMILES string of the molecule is O=S(=O)(NC1CCN(CCCc2c[nH]c3ccc(F)cc23)C1)c1ccc(F)c(F)c1. The number of nitrogens with one attached hydrogen (secondary N) is 2. The topological polar surface area (TPSA) is 65.2 Å². The molecule has 1 saturated heterocycles. The summed E-state index contributed by atoms with van der Waals surface area (Å²) in [6.07, 6.45) is 4.17. The first-order valence-corrected chi connectivity index (χ1v) is 11.3. The lowest BCUT2D eigenvalue weighted by Crippen LogP contribution is -2.37. The molecule has 0 radical (unpaired) electrons. The molecule has 0 bridgehead atoms. The first-order chi connectivity index (χ1) is 14.3. The number of hydrogen-bond acceptors (Lipinski definition) is 3. The van der Waals surface area contributed by atoms with Crippen molar-refractivity contribution in [2.45, 2.75) is 30.2 Å². The molecule has 1 aliphatic heterocycles. The van der Waals surface area contributed by atoms with Crippen molar-refractivity contribution < 1.29 is 21.6 Å². The van der Waals surface area contributed by atoms with Crippen LogP contribution in [-0.2, 0) is 16.4 Å². The van der Waals surface area contributed by atoms with Crippen LogP contribution < -0.4 is 4.72 Å². The zero-order valence-corrected chi connectivity index (χ0v) is 17.0. The zero-order valence-electron chi connectivity index (χ0n) is 16.2. The van der Waals surface area contributed by atoms with E-state index in [1.165, 1.54) is 12.1 Å². The van der Waals surface area contributed by atoms with E-state index < -0.39 is 21.7 Å². The molecule has 160 valence electrons. The summed E-state index contributed by atoms with van der Waals surface area (Å²) in [5.74, 6) is -2.54. The second-order valence-electron chi connectivity index (χ2n) is 7.59. The minimum atomic E-state index is -3.91. The third-order valence-corrected chi connectivity index (χ3v) is 6.96. The van der Waals surface area contributed by atoms with Gasteiger partial charge in [0.25, 0.3) is 0 Å². The van der Waals surface area contributed by atoms with Crippen LogP contribution in [0.2, 0.25) is 0 Å². The molecule has 1 aromatic heterocycles. The van der Waals surface area contributed by atoms with E-state index in [1.54, 1.807) is 6.07 Å². The Labute approximate surface area is 172 Å². The smallest absolute Gasteiger partial charge is 0.240 e. The van der Waals surface area contributed by atoms with E-state index in [0.717, 1.165) is 54.5 Å². The van der Waals surface area contributed by atoms with Crippen molar-refractivity contribution in [2.24, 2.45) is 0 Å². The predicted molar refractivity (Wildman–Crippen MR) is 108 cm³/mol. The van der Waals surface area contributed by atoms with Crippen molar-refractivity contribution in [2.75, 3.05) is 19.6 Å². The fraction of sp³-hybridized carbons (Fsp3) is 0.333. The Morgan fingerprint density at radius 3 is 2.73 bits per heavy atom. The number of hydrogen-bond donors (Lipinski definition) is 2. The molecule has 4 rings (SSSR count). The third kappa shape index (κ3) is 4.53. The molecule has 1 atom stereocenters. The van der Waals surface area contributed by atoms with Crippen molar-refractivity contribution in [3.8, 4) is 0 Å². The van der Waals surface area contributed by atoms with Crippen LogP contribution in [0.15, 0.2) is 47.5 Å². The standard InChI is InChI=1S/C21H22F3N3O2S/c22-15-3-6-21-18(10-15)14(12-25-21)2-1-8-27-9-7-16(13-27)26-30(28,29)17-4-5-19(23)20(24)11-17/h3-6,10-12,16,25-26H,1-2,7-9,13H2. The fourth-order valence-corrected chi connectivity index (χ4v) is 5.19. The molecular weight excluding hydrogens is 415 g/mol. The van der Waals surface area contributed by atoms with Gasteiger partial charge in [-0.15, -0.1) is 0 Å². The molecule has 9 heteroatoms. The largest absolute Gasteiger partial charge is 0.361 e. The Morgan fingerprint density at radius 1 is 1.10 bits per heavy atom. The van der Waals surface area contributed by atoms with Crippen LogP contribution >= 0.6 is 0 Å². The monoisotopic (exact) mass is 437 g/mol. The molecule has 0 aliphatic carbocycles. The average Bonchev–Trinajstić information content (AvgIpc) is 3.30. The van der Waals surface area contributed by atoms with E-state index in [4.69, 9.17) is 0 Å². The summed E-state index contributed by atoms with van der Waals surface area (Å²) in [6.45, 7) is 2.07. The molecule has 2 aromatic carbocycles. The lowest BCUT2D eigenvalue weighted by Gasteiger charge is -2.17. The fourth-order valence-electron chi connectivity index (χ4n) is 3.91. The van der Waals surface area contributed by atoms with Crippen LogP contribution in [0.1, 0.15) is 18.4 Å². The minimum absolute atomic E-state index is 0.265. The molecule has 5 nitrogen and oxygen atoms in total. The number of rotatable bonds is 7. The maximum atomic E-state index is 13.5. The number of aryl methyl sites for hydroxylation is 1. The van der Waals surface area contributed by atoms with E-state index in [9.17, 15) is 21.6 Å². The lowest BCUT2D eigenvalue weighted by molar-refractivity contribution is 0.327. The van der Waals surface area contributed by atoms with Gasteiger partial charge >= 0.3 is 0 Å². The first-order valence-electron chi connectivity index (χ1n) is 9.77. The Morgan fingerprint density at radius 2 is 1.93 bits per heavy atom. The van der Waals surface area contributed by atoms with Crippen LogP contribution in [0.5, 0.6) is 0 Å². The highest BCUT2D eigenvalue weighted by molar-refractivity contribution is 7.89. The number of fused-ring (bicyclic) bond motifs is 1. The Hall–Kier alpha value is -2.36.